The molecule has 10 nitrogen and oxygen atoms in total. The lowest BCUT2D eigenvalue weighted by molar-refractivity contribution is -0.138. The minimum absolute atomic E-state index is 0.0101. The molecule has 1 aliphatic carbocycles. The predicted molar refractivity (Wildman–Crippen MR) is 130 cm³/mol. The summed E-state index contributed by atoms with van der Waals surface area (Å²) in [5.74, 6) is -2.30. The van der Waals surface area contributed by atoms with Gasteiger partial charge in [0, 0.05) is 37.2 Å². The second-order valence-electron chi connectivity index (χ2n) is 8.87. The van der Waals surface area contributed by atoms with Gasteiger partial charge in [-0.05, 0) is 45.8 Å². The maximum Gasteiger partial charge on any atom is 0.303 e. The first-order valence-corrected chi connectivity index (χ1v) is 12.6. The summed E-state index contributed by atoms with van der Waals surface area (Å²) >= 11 is 0. The Labute approximate surface area is 201 Å². The average molecular weight is 498 g/mol. The van der Waals surface area contributed by atoms with Crippen molar-refractivity contribution < 1.29 is 32.5 Å². The number of aliphatic carboxylic acids is 1. The second-order valence-corrected chi connectivity index (χ2v) is 10.4. The van der Waals surface area contributed by atoms with Crippen molar-refractivity contribution in [2.75, 3.05) is 25.4 Å². The number of hydrogen-bond donors (Lipinski definition) is 4. The summed E-state index contributed by atoms with van der Waals surface area (Å²) in [7, 11) is -4.20. The molecule has 0 radical (unpaired) electrons. The van der Waals surface area contributed by atoms with Crippen LogP contribution in [0.25, 0.3) is 0 Å². The first-order valence-electron chi connectivity index (χ1n) is 11.0. The molecule has 1 aliphatic rings. The monoisotopic (exact) mass is 497 g/mol. The summed E-state index contributed by atoms with van der Waals surface area (Å²) in [6.45, 7) is 5.66. The molecular formula is C23H35N3O7S. The van der Waals surface area contributed by atoms with Crippen LogP contribution in [0.4, 0.5) is 0 Å². The second kappa shape index (κ2) is 13.8. The number of carbonyl (C=O) groups excluding carboxylic acids is 2. The van der Waals surface area contributed by atoms with Crippen LogP contribution in [0.2, 0.25) is 0 Å². The molecule has 0 saturated carbocycles. The van der Waals surface area contributed by atoms with E-state index in [1.807, 2.05) is 26.8 Å². The van der Waals surface area contributed by atoms with Crippen molar-refractivity contribution in [1.82, 2.24) is 15.5 Å². The van der Waals surface area contributed by atoms with E-state index in [4.69, 9.17) is 9.66 Å². The zero-order valence-corrected chi connectivity index (χ0v) is 20.7. The summed E-state index contributed by atoms with van der Waals surface area (Å²) in [6, 6.07) is -0.840. The Balaban J connectivity index is 2.97. The largest absolute Gasteiger partial charge is 0.481 e. The number of nitrogens with zero attached hydrogens (tertiary/aromatic N) is 1. The van der Waals surface area contributed by atoms with E-state index in [1.165, 1.54) is 4.90 Å². The molecule has 190 valence electrons. The molecule has 1 rings (SSSR count). The van der Waals surface area contributed by atoms with Crippen molar-refractivity contribution in [3.05, 3.63) is 48.1 Å². The molecule has 0 aliphatic heterocycles. The number of carboxylic acid groups (broad SMARTS) is 1. The number of nitrogens with one attached hydrogen (secondary N) is 2. The topological polar surface area (TPSA) is 153 Å². The van der Waals surface area contributed by atoms with Gasteiger partial charge in [0.1, 0.15) is 6.04 Å². The van der Waals surface area contributed by atoms with Crippen LogP contribution in [0, 0.1) is 0 Å². The van der Waals surface area contributed by atoms with E-state index in [0.29, 0.717) is 5.57 Å². The first-order chi connectivity index (χ1) is 15.8. The molecule has 4 N–H and O–H groups in total. The number of carbonyl (C=O) groups is 3. The zero-order valence-electron chi connectivity index (χ0n) is 19.9. The van der Waals surface area contributed by atoms with Crippen LogP contribution in [0.15, 0.2) is 48.1 Å². The van der Waals surface area contributed by atoms with E-state index in [2.05, 4.69) is 10.6 Å². The van der Waals surface area contributed by atoms with E-state index < -0.39 is 39.3 Å². The van der Waals surface area contributed by atoms with Gasteiger partial charge in [-0.1, -0.05) is 30.4 Å². The summed E-state index contributed by atoms with van der Waals surface area (Å²) in [4.78, 5) is 38.3. The van der Waals surface area contributed by atoms with Crippen LogP contribution in [0.1, 0.15) is 40.0 Å². The minimum Gasteiger partial charge on any atom is -0.481 e. The molecule has 0 saturated heterocycles. The van der Waals surface area contributed by atoms with Gasteiger partial charge in [-0.25, -0.2) is 0 Å². The van der Waals surface area contributed by atoms with Crippen molar-refractivity contribution in [3.63, 3.8) is 0 Å². The molecule has 0 spiro atoms. The highest BCUT2D eigenvalue weighted by molar-refractivity contribution is 7.85. The van der Waals surface area contributed by atoms with E-state index in [0.717, 1.165) is 0 Å². The van der Waals surface area contributed by atoms with Crippen LogP contribution in [-0.2, 0) is 24.5 Å². The Morgan fingerprint density at radius 3 is 2.26 bits per heavy atom. The van der Waals surface area contributed by atoms with Crippen LogP contribution in [-0.4, -0.2) is 77.7 Å². The quantitative estimate of drug-likeness (QED) is 0.279. The van der Waals surface area contributed by atoms with Crippen molar-refractivity contribution in [1.29, 1.82) is 0 Å². The predicted octanol–water partition coefficient (Wildman–Crippen LogP) is 1.44. The van der Waals surface area contributed by atoms with Crippen molar-refractivity contribution in [2.45, 2.75) is 51.6 Å². The van der Waals surface area contributed by atoms with Crippen LogP contribution < -0.4 is 10.6 Å². The SMILES string of the molecule is CC(C)(C)NC(CNC(=O)C1=C/C=C\C=C/C=C1)C(=O)N(CCCC(=O)O)CCCS(=O)(=O)O. The molecular weight excluding hydrogens is 462 g/mol. The molecule has 0 aromatic heterocycles. The highest BCUT2D eigenvalue weighted by Gasteiger charge is 2.28. The lowest BCUT2D eigenvalue weighted by atomic mass is 10.1. The number of amides is 2. The first kappa shape index (κ1) is 29.3. The van der Waals surface area contributed by atoms with Gasteiger partial charge in [-0.15, -0.1) is 0 Å². The van der Waals surface area contributed by atoms with Gasteiger partial charge in [0.15, 0.2) is 0 Å². The standard InChI is InChI=1S/C23H35N3O7S/c1-23(2,3)25-19(17-24-21(29)18-11-7-5-4-6-8-12-18)22(30)26(14-9-13-20(27)28)15-10-16-34(31,32)33/h4-8,11-12,19,25H,9-10,13-17H2,1-3H3,(H,24,29)(H,27,28)(H,31,32,33)/b5-4-,6-4?,7-5?,8-6-,11-7?,12-8?,18-11?,18-12?. The smallest absolute Gasteiger partial charge is 0.303 e. The van der Waals surface area contributed by atoms with Gasteiger partial charge in [0.2, 0.25) is 5.91 Å². The Kier molecular flexibility index (Phi) is 11.9. The molecule has 1 unspecified atom stereocenters. The van der Waals surface area contributed by atoms with Gasteiger partial charge >= 0.3 is 5.97 Å². The Bertz CT molecular complexity index is 944. The third kappa shape index (κ3) is 13.1. The van der Waals surface area contributed by atoms with Crippen molar-refractivity contribution >= 4 is 27.9 Å². The molecule has 0 aromatic carbocycles. The van der Waals surface area contributed by atoms with E-state index in [1.54, 1.807) is 36.5 Å². The Hall–Kier alpha value is -2.76. The van der Waals surface area contributed by atoms with Crippen molar-refractivity contribution in [3.8, 4) is 0 Å². The Morgan fingerprint density at radius 2 is 1.65 bits per heavy atom. The van der Waals surface area contributed by atoms with Crippen molar-refractivity contribution in [2.24, 2.45) is 0 Å². The normalized spacial score (nSPS) is 16.5. The summed E-state index contributed by atoms with van der Waals surface area (Å²) < 4.78 is 31.2. The van der Waals surface area contributed by atoms with Gasteiger partial charge in [-0.2, -0.15) is 8.42 Å². The van der Waals surface area contributed by atoms with Gasteiger partial charge < -0.3 is 15.3 Å². The third-order valence-corrected chi connectivity index (χ3v) is 5.40. The van der Waals surface area contributed by atoms with E-state index in [-0.39, 0.29) is 44.8 Å². The van der Waals surface area contributed by atoms with Gasteiger partial charge in [-0.3, -0.25) is 24.3 Å². The van der Waals surface area contributed by atoms with Crippen LogP contribution in [0.3, 0.4) is 0 Å². The fourth-order valence-electron chi connectivity index (χ4n) is 3.15. The molecule has 11 heteroatoms. The van der Waals surface area contributed by atoms with Crippen LogP contribution in [0.5, 0.6) is 0 Å². The molecule has 1 atom stereocenters. The van der Waals surface area contributed by atoms with Gasteiger partial charge in [0.05, 0.1) is 5.75 Å². The molecule has 0 aromatic rings. The summed E-state index contributed by atoms with van der Waals surface area (Å²) in [5.41, 5.74) is -0.0758. The minimum atomic E-state index is -4.20. The highest BCUT2D eigenvalue weighted by Crippen LogP contribution is 2.08. The lowest BCUT2D eigenvalue weighted by Gasteiger charge is -2.32. The number of carboxylic acids is 1. The maximum absolute atomic E-state index is 13.3. The molecule has 0 bridgehead atoms. The lowest BCUT2D eigenvalue weighted by Crippen LogP contribution is -2.57. The van der Waals surface area contributed by atoms with Gasteiger partial charge in [0.25, 0.3) is 16.0 Å². The molecule has 2 amide bonds. The average Bonchev–Trinajstić information content (AvgIpc) is 2.67. The fourth-order valence-corrected chi connectivity index (χ4v) is 3.64. The maximum atomic E-state index is 13.3. The molecule has 0 heterocycles. The zero-order chi connectivity index (χ0) is 25.8. The third-order valence-electron chi connectivity index (χ3n) is 4.59. The number of allylic oxidation sites excluding steroid dienone is 6. The number of rotatable bonds is 13. The molecule has 0 fully saturated rings. The summed E-state index contributed by atoms with van der Waals surface area (Å²) in [6.07, 6.45) is 12.2. The number of hydrogen-bond acceptors (Lipinski definition) is 6. The highest BCUT2D eigenvalue weighted by atomic mass is 32.2. The molecule has 34 heavy (non-hydrogen) atoms. The Morgan fingerprint density at radius 1 is 1.03 bits per heavy atom. The van der Waals surface area contributed by atoms with E-state index >= 15 is 0 Å². The van der Waals surface area contributed by atoms with Crippen LogP contribution >= 0.6 is 0 Å². The fraction of sp³-hybridized carbons (Fsp3) is 0.522. The summed E-state index contributed by atoms with van der Waals surface area (Å²) in [5, 5.41) is 14.8. The van der Waals surface area contributed by atoms with E-state index in [9.17, 15) is 22.8 Å².